The van der Waals surface area contributed by atoms with E-state index in [0.29, 0.717) is 30.5 Å². The van der Waals surface area contributed by atoms with Gasteiger partial charge in [0.1, 0.15) is 0 Å². The van der Waals surface area contributed by atoms with Crippen LogP contribution in [0.1, 0.15) is 29.8 Å². The number of hydrogen-bond acceptors (Lipinski definition) is 3. The maximum Gasteiger partial charge on any atom is 0.254 e. The van der Waals surface area contributed by atoms with Crippen LogP contribution in [-0.2, 0) is 10.0 Å². The number of likely N-dealkylation sites (tertiary alicyclic amines) is 1. The number of aryl methyl sites for hydroxylation is 1. The summed E-state index contributed by atoms with van der Waals surface area (Å²) in [5, 5.41) is 5.12. The molecule has 1 heterocycles. The van der Waals surface area contributed by atoms with Crippen LogP contribution >= 0.6 is 0 Å². The molecule has 1 aliphatic rings. The van der Waals surface area contributed by atoms with Crippen molar-refractivity contribution < 1.29 is 13.2 Å². The molecular weight excluding hydrogens is 276 g/mol. The summed E-state index contributed by atoms with van der Waals surface area (Å²) in [6, 6.07) is 4.42. The predicted molar refractivity (Wildman–Crippen MR) is 76.8 cm³/mol. The molecule has 0 aliphatic carbocycles. The minimum atomic E-state index is -3.79. The van der Waals surface area contributed by atoms with Gasteiger partial charge in [0.25, 0.3) is 5.91 Å². The Hall–Kier alpha value is -1.40. The van der Waals surface area contributed by atoms with Crippen molar-refractivity contribution in [1.29, 1.82) is 0 Å². The number of nitrogens with two attached hydrogens (primary N) is 1. The smallest absolute Gasteiger partial charge is 0.254 e. The minimum Gasteiger partial charge on any atom is -0.338 e. The molecule has 0 radical (unpaired) electrons. The van der Waals surface area contributed by atoms with Crippen LogP contribution in [0.4, 0.5) is 0 Å². The lowest BCUT2D eigenvalue weighted by atomic mass is 10.0. The molecule has 110 valence electrons. The van der Waals surface area contributed by atoms with Gasteiger partial charge in [-0.15, -0.1) is 0 Å². The van der Waals surface area contributed by atoms with Crippen LogP contribution in [-0.4, -0.2) is 32.3 Å². The summed E-state index contributed by atoms with van der Waals surface area (Å²) in [6.45, 7) is 7.44. The number of hydrogen-bond donors (Lipinski definition) is 1. The molecule has 1 fully saturated rings. The average molecular weight is 296 g/mol. The second-order valence-corrected chi connectivity index (χ2v) is 7.25. The number of carbonyl (C=O) groups is 1. The Morgan fingerprint density at radius 1 is 1.25 bits per heavy atom. The maximum atomic E-state index is 12.5. The minimum absolute atomic E-state index is 0.0215. The van der Waals surface area contributed by atoms with Gasteiger partial charge in [0.15, 0.2) is 0 Å². The van der Waals surface area contributed by atoms with E-state index in [0.717, 1.165) is 5.56 Å². The molecule has 0 saturated carbocycles. The monoisotopic (exact) mass is 296 g/mol. The van der Waals surface area contributed by atoms with E-state index in [1.807, 2.05) is 0 Å². The van der Waals surface area contributed by atoms with Gasteiger partial charge in [0.05, 0.1) is 4.90 Å². The molecule has 1 aromatic carbocycles. The summed E-state index contributed by atoms with van der Waals surface area (Å²) in [5.74, 6) is 0.797. The van der Waals surface area contributed by atoms with Gasteiger partial charge in [-0.2, -0.15) is 0 Å². The van der Waals surface area contributed by atoms with Crippen molar-refractivity contribution in [3.05, 3.63) is 29.3 Å². The van der Waals surface area contributed by atoms with Crippen molar-refractivity contribution in [2.75, 3.05) is 13.1 Å². The van der Waals surface area contributed by atoms with Crippen LogP contribution in [0.3, 0.4) is 0 Å². The second-order valence-electron chi connectivity index (χ2n) is 5.69. The van der Waals surface area contributed by atoms with Gasteiger partial charge in [-0.1, -0.05) is 19.9 Å². The quantitative estimate of drug-likeness (QED) is 0.895. The number of carbonyl (C=O) groups excluding carboxylic acids is 1. The summed E-state index contributed by atoms with van der Waals surface area (Å²) in [4.78, 5) is 14.3. The highest BCUT2D eigenvalue weighted by Crippen LogP contribution is 2.25. The molecule has 2 rings (SSSR count). The Balaban J connectivity index is 2.35. The molecule has 2 N–H and O–H groups in total. The zero-order valence-electron chi connectivity index (χ0n) is 12.0. The summed E-state index contributed by atoms with van der Waals surface area (Å²) >= 11 is 0. The molecule has 20 heavy (non-hydrogen) atoms. The van der Waals surface area contributed by atoms with E-state index in [1.165, 1.54) is 12.1 Å². The lowest BCUT2D eigenvalue weighted by Gasteiger charge is -2.18. The number of primary sulfonamides is 1. The lowest BCUT2D eigenvalue weighted by Crippen LogP contribution is -2.29. The van der Waals surface area contributed by atoms with Crippen molar-refractivity contribution in [2.45, 2.75) is 25.7 Å². The van der Waals surface area contributed by atoms with E-state index in [-0.39, 0.29) is 10.8 Å². The topological polar surface area (TPSA) is 80.5 Å². The Kier molecular flexibility index (Phi) is 3.88. The van der Waals surface area contributed by atoms with Crippen molar-refractivity contribution in [2.24, 2.45) is 17.0 Å². The molecule has 0 bridgehead atoms. The third-order valence-electron chi connectivity index (χ3n) is 4.04. The van der Waals surface area contributed by atoms with E-state index in [1.54, 1.807) is 17.9 Å². The SMILES string of the molecule is Cc1ccc(S(N)(=O)=O)cc1C(=O)N1CC(C)C(C)C1. The van der Waals surface area contributed by atoms with Gasteiger partial charge in [0, 0.05) is 18.7 Å². The van der Waals surface area contributed by atoms with Gasteiger partial charge < -0.3 is 4.90 Å². The summed E-state index contributed by atoms with van der Waals surface area (Å²) in [7, 11) is -3.79. The first-order chi connectivity index (χ1) is 9.20. The van der Waals surface area contributed by atoms with E-state index in [2.05, 4.69) is 13.8 Å². The zero-order valence-corrected chi connectivity index (χ0v) is 12.8. The van der Waals surface area contributed by atoms with Crippen LogP contribution in [0.2, 0.25) is 0 Å². The van der Waals surface area contributed by atoms with Crippen LogP contribution in [0.25, 0.3) is 0 Å². The predicted octanol–water partition coefficient (Wildman–Crippen LogP) is 1.37. The molecule has 6 heteroatoms. The summed E-state index contributed by atoms with van der Waals surface area (Å²) < 4.78 is 22.8. The Labute approximate surface area is 119 Å². The standard InChI is InChI=1S/C14H20N2O3S/c1-9-4-5-12(20(15,18)19)6-13(9)14(17)16-7-10(2)11(3)8-16/h4-6,10-11H,7-8H2,1-3H3,(H2,15,18,19). The highest BCUT2D eigenvalue weighted by molar-refractivity contribution is 7.89. The van der Waals surface area contributed by atoms with Crippen LogP contribution in [0.15, 0.2) is 23.1 Å². The Bertz CT molecular complexity index is 630. The zero-order chi connectivity index (χ0) is 15.1. The maximum absolute atomic E-state index is 12.5. The molecule has 1 amide bonds. The van der Waals surface area contributed by atoms with Crippen LogP contribution in [0, 0.1) is 18.8 Å². The number of amides is 1. The van der Waals surface area contributed by atoms with Gasteiger partial charge in [-0.05, 0) is 36.5 Å². The third-order valence-corrected chi connectivity index (χ3v) is 4.95. The van der Waals surface area contributed by atoms with Gasteiger partial charge >= 0.3 is 0 Å². The molecule has 1 aliphatic heterocycles. The molecule has 1 saturated heterocycles. The number of nitrogens with zero attached hydrogens (tertiary/aromatic N) is 1. The fraction of sp³-hybridized carbons (Fsp3) is 0.500. The molecular formula is C14H20N2O3S. The van der Waals surface area contributed by atoms with Crippen molar-refractivity contribution in [3.8, 4) is 0 Å². The Morgan fingerprint density at radius 2 is 1.80 bits per heavy atom. The number of sulfonamides is 1. The second kappa shape index (κ2) is 5.18. The van der Waals surface area contributed by atoms with Crippen molar-refractivity contribution >= 4 is 15.9 Å². The van der Waals surface area contributed by atoms with Gasteiger partial charge in [-0.25, -0.2) is 13.6 Å². The van der Waals surface area contributed by atoms with Gasteiger partial charge in [0.2, 0.25) is 10.0 Å². The molecule has 0 aromatic heterocycles. The molecule has 0 spiro atoms. The first-order valence-corrected chi connectivity index (χ1v) is 8.17. The first kappa shape index (κ1) is 15.0. The number of rotatable bonds is 2. The van der Waals surface area contributed by atoms with Gasteiger partial charge in [-0.3, -0.25) is 4.79 Å². The lowest BCUT2D eigenvalue weighted by molar-refractivity contribution is 0.0784. The molecule has 2 atom stereocenters. The largest absolute Gasteiger partial charge is 0.338 e. The molecule has 2 unspecified atom stereocenters. The molecule has 5 nitrogen and oxygen atoms in total. The highest BCUT2D eigenvalue weighted by Gasteiger charge is 2.30. The van der Waals surface area contributed by atoms with E-state index in [9.17, 15) is 13.2 Å². The summed E-state index contributed by atoms with van der Waals surface area (Å²) in [5.41, 5.74) is 1.17. The van der Waals surface area contributed by atoms with Crippen molar-refractivity contribution in [3.63, 3.8) is 0 Å². The Morgan fingerprint density at radius 3 is 2.30 bits per heavy atom. The highest BCUT2D eigenvalue weighted by atomic mass is 32.2. The van der Waals surface area contributed by atoms with E-state index < -0.39 is 10.0 Å². The van der Waals surface area contributed by atoms with Crippen molar-refractivity contribution in [1.82, 2.24) is 4.90 Å². The average Bonchev–Trinajstić information content (AvgIpc) is 2.68. The van der Waals surface area contributed by atoms with Crippen LogP contribution < -0.4 is 5.14 Å². The van der Waals surface area contributed by atoms with Crippen LogP contribution in [0.5, 0.6) is 0 Å². The normalized spacial score (nSPS) is 23.1. The summed E-state index contributed by atoms with van der Waals surface area (Å²) in [6.07, 6.45) is 0. The fourth-order valence-electron chi connectivity index (χ4n) is 2.47. The van der Waals surface area contributed by atoms with E-state index in [4.69, 9.17) is 5.14 Å². The third kappa shape index (κ3) is 2.86. The number of benzene rings is 1. The first-order valence-electron chi connectivity index (χ1n) is 6.63. The molecule has 1 aromatic rings. The fourth-order valence-corrected chi connectivity index (χ4v) is 3.01. The van der Waals surface area contributed by atoms with E-state index >= 15 is 0 Å².